The molecule has 0 bridgehead atoms. The topological polar surface area (TPSA) is 47.6 Å². The Morgan fingerprint density at radius 3 is 2.10 bits per heavy atom. The Morgan fingerprint density at radius 1 is 1.05 bits per heavy atom. The van der Waals surface area contributed by atoms with Gasteiger partial charge in [0.15, 0.2) is 6.10 Å². The van der Waals surface area contributed by atoms with E-state index in [1.807, 2.05) is 36.4 Å². The predicted molar refractivity (Wildman–Crippen MR) is 83.3 cm³/mol. The lowest BCUT2D eigenvalue weighted by Gasteiger charge is -2.13. The van der Waals surface area contributed by atoms with E-state index in [-0.39, 0.29) is 0 Å². The molecule has 0 radical (unpaired) electrons. The van der Waals surface area contributed by atoms with Crippen LogP contribution in [0.15, 0.2) is 48.5 Å². The average molecular weight is 306 g/mol. The highest BCUT2D eigenvalue weighted by atomic mass is 35.5. The molecule has 0 aliphatic heterocycles. The Kier molecular flexibility index (Phi) is 5.06. The molecule has 0 fully saturated rings. The van der Waals surface area contributed by atoms with E-state index >= 15 is 0 Å². The molecule has 2 rings (SSSR count). The molecule has 4 nitrogen and oxygen atoms in total. The average Bonchev–Trinajstić information content (AvgIpc) is 2.50. The van der Waals surface area contributed by atoms with Crippen molar-refractivity contribution in [2.24, 2.45) is 0 Å². The number of hydrogen-bond donors (Lipinski definition) is 1. The largest absolute Gasteiger partial charge is 0.479 e. The third-order valence-electron chi connectivity index (χ3n) is 2.83. The van der Waals surface area contributed by atoms with Gasteiger partial charge in [0.25, 0.3) is 0 Å². The van der Waals surface area contributed by atoms with Crippen LogP contribution in [0.5, 0.6) is 5.75 Å². The van der Waals surface area contributed by atoms with Gasteiger partial charge in [0.2, 0.25) is 0 Å². The lowest BCUT2D eigenvalue weighted by Crippen LogP contribution is -2.24. The summed E-state index contributed by atoms with van der Waals surface area (Å²) in [6, 6.07) is 14.7. The number of benzene rings is 2. The summed E-state index contributed by atoms with van der Waals surface area (Å²) in [6.45, 7) is 1.64. The van der Waals surface area contributed by atoms with Crippen LogP contribution in [0.3, 0.4) is 0 Å². The van der Waals surface area contributed by atoms with E-state index in [1.54, 1.807) is 19.1 Å². The van der Waals surface area contributed by atoms with Crippen LogP contribution in [0.2, 0.25) is 5.02 Å². The molecule has 0 aromatic heterocycles. The lowest BCUT2D eigenvalue weighted by molar-refractivity contribution is -0.147. The van der Waals surface area contributed by atoms with Crippen molar-refractivity contribution in [3.05, 3.63) is 53.6 Å². The number of halogens is 1. The zero-order valence-corrected chi connectivity index (χ0v) is 12.6. The summed E-state index contributed by atoms with van der Waals surface area (Å²) in [5.74, 6) is 0.202. The van der Waals surface area contributed by atoms with Crippen LogP contribution in [-0.2, 0) is 9.53 Å². The molecule has 5 heteroatoms. The highest BCUT2D eigenvalue weighted by Crippen LogP contribution is 2.22. The third kappa shape index (κ3) is 4.39. The normalized spacial score (nSPS) is 11.6. The van der Waals surface area contributed by atoms with Gasteiger partial charge in [-0.1, -0.05) is 11.6 Å². The summed E-state index contributed by atoms with van der Waals surface area (Å²) < 4.78 is 10.1. The van der Waals surface area contributed by atoms with Gasteiger partial charge in [0, 0.05) is 16.4 Å². The van der Waals surface area contributed by atoms with Crippen molar-refractivity contribution >= 4 is 28.9 Å². The van der Waals surface area contributed by atoms with E-state index in [9.17, 15) is 4.79 Å². The minimum Gasteiger partial charge on any atom is -0.479 e. The van der Waals surface area contributed by atoms with Crippen molar-refractivity contribution in [1.82, 2.24) is 0 Å². The maximum absolute atomic E-state index is 11.3. The van der Waals surface area contributed by atoms with Gasteiger partial charge in [-0.15, -0.1) is 0 Å². The first-order valence-electron chi connectivity index (χ1n) is 6.45. The van der Waals surface area contributed by atoms with Crippen LogP contribution < -0.4 is 10.1 Å². The van der Waals surface area contributed by atoms with Gasteiger partial charge in [-0.2, -0.15) is 0 Å². The minimum atomic E-state index is -0.634. The van der Waals surface area contributed by atoms with Crippen LogP contribution in [0.4, 0.5) is 11.4 Å². The van der Waals surface area contributed by atoms with E-state index in [0.717, 1.165) is 11.4 Å². The number of esters is 1. The number of nitrogens with one attached hydrogen (secondary N) is 1. The molecule has 21 heavy (non-hydrogen) atoms. The van der Waals surface area contributed by atoms with Gasteiger partial charge in [-0.05, 0) is 55.5 Å². The minimum absolute atomic E-state index is 0.404. The molecular formula is C16H16ClNO3. The first kappa shape index (κ1) is 15.2. The van der Waals surface area contributed by atoms with Crippen LogP contribution in [0.1, 0.15) is 6.92 Å². The van der Waals surface area contributed by atoms with E-state index in [4.69, 9.17) is 16.3 Å². The molecule has 1 atom stereocenters. The Hall–Kier alpha value is -2.20. The zero-order chi connectivity index (χ0) is 15.2. The monoisotopic (exact) mass is 305 g/mol. The fourth-order valence-corrected chi connectivity index (χ4v) is 1.86. The molecule has 1 N–H and O–H groups in total. The molecule has 0 saturated carbocycles. The summed E-state index contributed by atoms with van der Waals surface area (Å²) in [7, 11) is 1.33. The van der Waals surface area contributed by atoms with Crippen molar-refractivity contribution in [3.8, 4) is 5.75 Å². The molecule has 0 amide bonds. The quantitative estimate of drug-likeness (QED) is 0.847. The van der Waals surface area contributed by atoms with E-state index in [2.05, 4.69) is 10.1 Å². The number of rotatable bonds is 5. The van der Waals surface area contributed by atoms with Crippen molar-refractivity contribution < 1.29 is 14.3 Å². The smallest absolute Gasteiger partial charge is 0.346 e. The van der Waals surface area contributed by atoms with E-state index in [0.29, 0.717) is 10.8 Å². The van der Waals surface area contributed by atoms with Crippen LogP contribution in [0.25, 0.3) is 0 Å². The zero-order valence-electron chi connectivity index (χ0n) is 11.8. The highest BCUT2D eigenvalue weighted by molar-refractivity contribution is 6.30. The van der Waals surface area contributed by atoms with Crippen LogP contribution in [-0.4, -0.2) is 19.2 Å². The van der Waals surface area contributed by atoms with Gasteiger partial charge in [0.05, 0.1) is 7.11 Å². The maximum Gasteiger partial charge on any atom is 0.346 e. The van der Waals surface area contributed by atoms with Crippen LogP contribution >= 0.6 is 11.6 Å². The first-order valence-corrected chi connectivity index (χ1v) is 6.83. The molecule has 0 heterocycles. The number of carbonyl (C=O) groups excluding carboxylic acids is 1. The fraction of sp³-hybridized carbons (Fsp3) is 0.188. The Balaban J connectivity index is 1.98. The van der Waals surface area contributed by atoms with Gasteiger partial charge in [-0.3, -0.25) is 0 Å². The Bertz CT molecular complexity index is 596. The number of methoxy groups -OCH3 is 1. The second kappa shape index (κ2) is 6.99. The number of ether oxygens (including phenoxy) is 2. The fourth-order valence-electron chi connectivity index (χ4n) is 1.73. The summed E-state index contributed by atoms with van der Waals surface area (Å²) in [6.07, 6.45) is -0.634. The SMILES string of the molecule is COC(=O)C(C)Oc1ccc(Nc2ccc(Cl)cc2)cc1. The molecule has 110 valence electrons. The molecule has 1 unspecified atom stereocenters. The van der Waals surface area contributed by atoms with Crippen molar-refractivity contribution in [2.45, 2.75) is 13.0 Å². The molecule has 0 aliphatic carbocycles. The summed E-state index contributed by atoms with van der Waals surface area (Å²) in [5.41, 5.74) is 1.85. The maximum atomic E-state index is 11.3. The number of anilines is 2. The lowest BCUT2D eigenvalue weighted by atomic mass is 10.2. The van der Waals surface area contributed by atoms with E-state index < -0.39 is 12.1 Å². The molecule has 0 aliphatic rings. The van der Waals surface area contributed by atoms with Crippen LogP contribution in [0, 0.1) is 0 Å². The Morgan fingerprint density at radius 2 is 1.57 bits per heavy atom. The third-order valence-corrected chi connectivity index (χ3v) is 3.09. The van der Waals surface area contributed by atoms with E-state index in [1.165, 1.54) is 7.11 Å². The first-order chi connectivity index (χ1) is 10.1. The summed E-state index contributed by atoms with van der Waals surface area (Å²) in [5, 5.41) is 3.94. The summed E-state index contributed by atoms with van der Waals surface area (Å²) >= 11 is 5.84. The second-order valence-electron chi connectivity index (χ2n) is 4.44. The second-order valence-corrected chi connectivity index (χ2v) is 4.88. The summed E-state index contributed by atoms with van der Waals surface area (Å²) in [4.78, 5) is 11.3. The predicted octanol–water partition coefficient (Wildman–Crippen LogP) is 4.02. The van der Waals surface area contributed by atoms with Crippen molar-refractivity contribution in [3.63, 3.8) is 0 Å². The molecule has 2 aromatic carbocycles. The van der Waals surface area contributed by atoms with Crippen molar-refractivity contribution in [2.75, 3.05) is 12.4 Å². The van der Waals surface area contributed by atoms with Gasteiger partial charge in [-0.25, -0.2) is 4.79 Å². The number of hydrogen-bond acceptors (Lipinski definition) is 4. The van der Waals surface area contributed by atoms with Gasteiger partial charge in [0.1, 0.15) is 5.75 Å². The van der Waals surface area contributed by atoms with Gasteiger partial charge >= 0.3 is 5.97 Å². The Labute approximate surface area is 128 Å². The highest BCUT2D eigenvalue weighted by Gasteiger charge is 2.14. The molecular weight excluding hydrogens is 290 g/mol. The molecule has 2 aromatic rings. The molecule has 0 saturated heterocycles. The molecule has 0 spiro atoms. The number of carbonyl (C=O) groups is 1. The van der Waals surface area contributed by atoms with Crippen molar-refractivity contribution in [1.29, 1.82) is 0 Å². The standard InChI is InChI=1S/C16H16ClNO3/c1-11(16(19)20-2)21-15-9-7-14(8-10-15)18-13-5-3-12(17)4-6-13/h3-11,18H,1-2H3. The van der Waals surface area contributed by atoms with Gasteiger partial charge < -0.3 is 14.8 Å².